The number of pyridine rings is 1. The summed E-state index contributed by atoms with van der Waals surface area (Å²) in [5.74, 6) is 0. The van der Waals surface area contributed by atoms with Gasteiger partial charge in [-0.05, 0) is 46.3 Å². The minimum absolute atomic E-state index is 0.730. The SMILES string of the molecule is Nc1ccc(-c2nc3cccnc3s2)cc1Br. The molecular formula is C12H8BrN3S. The monoisotopic (exact) mass is 305 g/mol. The molecule has 1 aromatic carbocycles. The highest BCUT2D eigenvalue weighted by atomic mass is 79.9. The summed E-state index contributed by atoms with van der Waals surface area (Å²) in [4.78, 5) is 9.79. The number of nitrogens with zero attached hydrogens (tertiary/aromatic N) is 2. The second-order valence-corrected chi connectivity index (χ2v) is 5.41. The van der Waals surface area contributed by atoms with Crippen molar-refractivity contribution in [3.05, 3.63) is 41.0 Å². The Kier molecular flexibility index (Phi) is 2.57. The molecule has 5 heteroatoms. The maximum absolute atomic E-state index is 5.77. The summed E-state index contributed by atoms with van der Waals surface area (Å²) in [7, 11) is 0. The van der Waals surface area contributed by atoms with Crippen LogP contribution in [-0.2, 0) is 0 Å². The van der Waals surface area contributed by atoms with Crippen molar-refractivity contribution < 1.29 is 0 Å². The van der Waals surface area contributed by atoms with Gasteiger partial charge in [0.2, 0.25) is 0 Å². The Morgan fingerprint density at radius 2 is 2.12 bits per heavy atom. The molecule has 0 aliphatic heterocycles. The van der Waals surface area contributed by atoms with Gasteiger partial charge in [0.1, 0.15) is 15.4 Å². The van der Waals surface area contributed by atoms with Crippen LogP contribution in [-0.4, -0.2) is 9.97 Å². The van der Waals surface area contributed by atoms with E-state index < -0.39 is 0 Å². The van der Waals surface area contributed by atoms with Gasteiger partial charge in [0.05, 0.1) is 0 Å². The standard InChI is InChI=1S/C12H8BrN3S/c13-8-6-7(3-4-9(8)14)11-16-10-2-1-5-15-12(10)17-11/h1-6H,14H2. The molecule has 0 atom stereocenters. The van der Waals surface area contributed by atoms with E-state index in [1.807, 2.05) is 30.3 Å². The van der Waals surface area contributed by atoms with Gasteiger partial charge in [0, 0.05) is 21.9 Å². The van der Waals surface area contributed by atoms with Crippen LogP contribution < -0.4 is 5.73 Å². The third-order valence-corrected chi connectivity index (χ3v) is 4.13. The zero-order chi connectivity index (χ0) is 11.8. The number of rotatable bonds is 1. The quantitative estimate of drug-likeness (QED) is 0.697. The first-order chi connectivity index (χ1) is 8.24. The summed E-state index contributed by atoms with van der Waals surface area (Å²) < 4.78 is 0.891. The molecule has 3 rings (SSSR count). The van der Waals surface area contributed by atoms with Gasteiger partial charge in [-0.25, -0.2) is 9.97 Å². The van der Waals surface area contributed by atoms with Gasteiger partial charge >= 0.3 is 0 Å². The molecule has 0 saturated heterocycles. The Hall–Kier alpha value is -1.46. The molecule has 0 fully saturated rings. The van der Waals surface area contributed by atoms with Crippen molar-refractivity contribution in [2.24, 2.45) is 0 Å². The summed E-state index contributed by atoms with van der Waals surface area (Å²) in [6, 6.07) is 9.68. The van der Waals surface area contributed by atoms with E-state index in [4.69, 9.17) is 5.73 Å². The first-order valence-corrected chi connectivity index (χ1v) is 6.62. The summed E-state index contributed by atoms with van der Waals surface area (Å²) in [5, 5.41) is 0.958. The third kappa shape index (κ3) is 1.92. The van der Waals surface area contributed by atoms with Crippen LogP contribution in [0.2, 0.25) is 0 Å². The third-order valence-electron chi connectivity index (χ3n) is 2.41. The Morgan fingerprint density at radius 3 is 2.88 bits per heavy atom. The molecule has 0 unspecified atom stereocenters. The second-order valence-electron chi connectivity index (χ2n) is 3.58. The molecule has 0 aliphatic rings. The van der Waals surface area contributed by atoms with E-state index >= 15 is 0 Å². The molecular weight excluding hydrogens is 298 g/mol. The van der Waals surface area contributed by atoms with E-state index in [-0.39, 0.29) is 0 Å². The van der Waals surface area contributed by atoms with E-state index in [0.29, 0.717) is 0 Å². The van der Waals surface area contributed by atoms with E-state index in [1.54, 1.807) is 17.5 Å². The molecule has 2 aromatic heterocycles. The highest BCUT2D eigenvalue weighted by Gasteiger charge is 2.07. The van der Waals surface area contributed by atoms with Gasteiger partial charge in [-0.15, -0.1) is 0 Å². The molecule has 0 bridgehead atoms. The number of halogens is 1. The molecule has 84 valence electrons. The van der Waals surface area contributed by atoms with Crippen molar-refractivity contribution in [1.82, 2.24) is 9.97 Å². The number of thiazole rings is 1. The largest absolute Gasteiger partial charge is 0.398 e. The average Bonchev–Trinajstić information content (AvgIpc) is 2.76. The minimum atomic E-state index is 0.730. The summed E-state index contributed by atoms with van der Waals surface area (Å²) in [6.07, 6.45) is 1.78. The van der Waals surface area contributed by atoms with Gasteiger partial charge in [-0.3, -0.25) is 0 Å². The van der Waals surface area contributed by atoms with Crippen LogP contribution in [0.15, 0.2) is 41.0 Å². The van der Waals surface area contributed by atoms with Gasteiger partial charge in [-0.1, -0.05) is 11.3 Å². The predicted octanol–water partition coefficient (Wildman–Crippen LogP) is 3.70. The minimum Gasteiger partial charge on any atom is -0.398 e. The molecule has 3 aromatic rings. The molecule has 3 nitrogen and oxygen atoms in total. The number of nitrogens with two attached hydrogens (primary N) is 1. The normalized spacial score (nSPS) is 10.9. The topological polar surface area (TPSA) is 51.8 Å². The fraction of sp³-hybridized carbons (Fsp3) is 0. The van der Waals surface area contributed by atoms with Gasteiger partial charge in [0.15, 0.2) is 0 Å². The number of fused-ring (bicyclic) bond motifs is 1. The zero-order valence-corrected chi connectivity index (χ0v) is 11.1. The Balaban J connectivity index is 2.17. The first-order valence-electron chi connectivity index (χ1n) is 5.01. The molecule has 17 heavy (non-hydrogen) atoms. The molecule has 0 spiro atoms. The van der Waals surface area contributed by atoms with E-state index in [9.17, 15) is 0 Å². The smallest absolute Gasteiger partial charge is 0.143 e. The van der Waals surface area contributed by atoms with Crippen molar-refractivity contribution in [1.29, 1.82) is 0 Å². The Bertz CT molecular complexity index is 660. The van der Waals surface area contributed by atoms with Gasteiger partial charge in [0.25, 0.3) is 0 Å². The fourth-order valence-electron chi connectivity index (χ4n) is 1.55. The molecule has 0 aliphatic carbocycles. The molecule has 2 N–H and O–H groups in total. The van der Waals surface area contributed by atoms with Crippen LogP contribution in [0.5, 0.6) is 0 Å². The van der Waals surface area contributed by atoms with Crippen molar-refractivity contribution >= 4 is 43.3 Å². The van der Waals surface area contributed by atoms with E-state index in [1.165, 1.54) is 0 Å². The molecule has 2 heterocycles. The van der Waals surface area contributed by atoms with E-state index in [0.717, 1.165) is 31.1 Å². The van der Waals surface area contributed by atoms with Crippen molar-refractivity contribution in [2.45, 2.75) is 0 Å². The van der Waals surface area contributed by atoms with Crippen molar-refractivity contribution in [3.63, 3.8) is 0 Å². The lowest BCUT2D eigenvalue weighted by Crippen LogP contribution is -1.86. The Morgan fingerprint density at radius 1 is 1.24 bits per heavy atom. The van der Waals surface area contributed by atoms with Crippen LogP contribution in [0.25, 0.3) is 20.9 Å². The highest BCUT2D eigenvalue weighted by molar-refractivity contribution is 9.10. The van der Waals surface area contributed by atoms with Crippen LogP contribution in [0.3, 0.4) is 0 Å². The van der Waals surface area contributed by atoms with Crippen LogP contribution in [0, 0.1) is 0 Å². The average molecular weight is 306 g/mol. The van der Waals surface area contributed by atoms with Gasteiger partial charge in [-0.2, -0.15) is 0 Å². The lowest BCUT2D eigenvalue weighted by Gasteiger charge is -2.00. The van der Waals surface area contributed by atoms with Crippen LogP contribution in [0.1, 0.15) is 0 Å². The number of anilines is 1. The number of nitrogen functional groups attached to an aromatic ring is 1. The summed E-state index contributed by atoms with van der Waals surface area (Å²) in [5.41, 5.74) is 8.48. The number of aromatic nitrogens is 2. The Labute approximate surface area is 110 Å². The molecule has 0 amide bonds. The lowest BCUT2D eigenvalue weighted by atomic mass is 10.2. The fourth-order valence-corrected chi connectivity index (χ4v) is 2.84. The van der Waals surface area contributed by atoms with E-state index in [2.05, 4.69) is 25.9 Å². The van der Waals surface area contributed by atoms with Crippen molar-refractivity contribution in [2.75, 3.05) is 5.73 Å². The lowest BCUT2D eigenvalue weighted by molar-refractivity contribution is 1.40. The second kappa shape index (κ2) is 4.09. The van der Waals surface area contributed by atoms with Crippen LogP contribution in [0.4, 0.5) is 5.69 Å². The predicted molar refractivity (Wildman–Crippen MR) is 75.0 cm³/mol. The maximum atomic E-state index is 5.77. The molecule has 0 radical (unpaired) electrons. The summed E-state index contributed by atoms with van der Waals surface area (Å²) in [6.45, 7) is 0. The maximum Gasteiger partial charge on any atom is 0.143 e. The zero-order valence-electron chi connectivity index (χ0n) is 8.72. The van der Waals surface area contributed by atoms with Gasteiger partial charge < -0.3 is 5.73 Å². The summed E-state index contributed by atoms with van der Waals surface area (Å²) >= 11 is 5.00. The van der Waals surface area contributed by atoms with Crippen LogP contribution >= 0.6 is 27.3 Å². The number of hydrogen-bond donors (Lipinski definition) is 1. The highest BCUT2D eigenvalue weighted by Crippen LogP contribution is 2.32. The number of benzene rings is 1. The number of hydrogen-bond acceptors (Lipinski definition) is 4. The molecule has 0 saturated carbocycles. The van der Waals surface area contributed by atoms with Crippen molar-refractivity contribution in [3.8, 4) is 10.6 Å². The first kappa shape index (κ1) is 10.7.